The molecular formula is C20H26N7OW-. The van der Waals surface area contributed by atoms with E-state index >= 15 is 0 Å². The van der Waals surface area contributed by atoms with Crippen LogP contribution in [0.4, 0.5) is 23.5 Å². The van der Waals surface area contributed by atoms with E-state index in [2.05, 4.69) is 32.5 Å². The molecule has 9 heteroatoms. The molecule has 0 radical (unpaired) electrons. The van der Waals surface area contributed by atoms with E-state index in [4.69, 9.17) is 11.5 Å². The summed E-state index contributed by atoms with van der Waals surface area (Å²) in [4.78, 5) is 24.2. The van der Waals surface area contributed by atoms with E-state index in [1.807, 2.05) is 13.0 Å². The van der Waals surface area contributed by atoms with Gasteiger partial charge in [-0.3, -0.25) is 4.79 Å². The van der Waals surface area contributed by atoms with Gasteiger partial charge in [0.2, 0.25) is 23.8 Å². The first-order chi connectivity index (χ1) is 13.4. The molecule has 154 valence electrons. The van der Waals surface area contributed by atoms with Crippen LogP contribution < -0.4 is 22.1 Å². The number of nitrogen functional groups attached to an aromatic ring is 1. The van der Waals surface area contributed by atoms with E-state index in [-0.39, 0.29) is 27.0 Å². The number of hydrogen-bond acceptors (Lipinski definition) is 7. The van der Waals surface area contributed by atoms with Crippen molar-refractivity contribution in [3.05, 3.63) is 35.2 Å². The van der Waals surface area contributed by atoms with E-state index in [0.717, 1.165) is 23.9 Å². The molecule has 1 aromatic heterocycles. The number of fused-ring (bicyclic) bond motifs is 2. The second-order valence-corrected chi connectivity index (χ2v) is 7.86. The van der Waals surface area contributed by atoms with Gasteiger partial charge < -0.3 is 28.0 Å². The molecule has 1 amide bonds. The molecular weight excluding hydrogens is 538 g/mol. The van der Waals surface area contributed by atoms with E-state index in [0.29, 0.717) is 29.1 Å². The Morgan fingerprint density at radius 3 is 2.69 bits per heavy atom. The molecule has 1 aromatic carbocycles. The summed E-state index contributed by atoms with van der Waals surface area (Å²) < 4.78 is 0. The molecule has 2 bridgehead atoms. The summed E-state index contributed by atoms with van der Waals surface area (Å²) in [5.41, 5.74) is 13.3. The van der Waals surface area contributed by atoms with E-state index in [1.54, 1.807) is 18.1 Å². The van der Waals surface area contributed by atoms with Crippen LogP contribution >= 0.6 is 0 Å². The third-order valence-corrected chi connectivity index (χ3v) is 6.17. The van der Waals surface area contributed by atoms with Crippen molar-refractivity contribution in [2.45, 2.75) is 33.1 Å². The number of carbonyl (C=O) groups is 1. The number of primary amides is 1. The molecule has 3 aliphatic carbocycles. The van der Waals surface area contributed by atoms with Gasteiger partial charge in [0.15, 0.2) is 0 Å². The SMILES string of the molecule is Cc1ccc(C(N)=O)cc1Nc1nc(N)nc(NC[C@@H]2CC[C@H]3C[C@@H]2[C-]3C)n1.[W]. The molecule has 1 heterocycles. The predicted octanol–water partition coefficient (Wildman–Crippen LogP) is 2.65. The van der Waals surface area contributed by atoms with Gasteiger partial charge in [-0.05, 0) is 30.5 Å². The maximum absolute atomic E-state index is 11.4. The van der Waals surface area contributed by atoms with Crippen molar-refractivity contribution < 1.29 is 25.9 Å². The van der Waals surface area contributed by atoms with Crippen LogP contribution in [0.2, 0.25) is 0 Å². The molecule has 2 aromatic rings. The molecule has 0 aliphatic heterocycles. The minimum absolute atomic E-state index is 0. The van der Waals surface area contributed by atoms with Gasteiger partial charge in [0.1, 0.15) is 0 Å². The summed E-state index contributed by atoms with van der Waals surface area (Å²) in [6.07, 6.45) is 3.85. The van der Waals surface area contributed by atoms with Crippen molar-refractivity contribution in [3.63, 3.8) is 0 Å². The zero-order valence-electron chi connectivity index (χ0n) is 16.6. The van der Waals surface area contributed by atoms with E-state index in [1.165, 1.54) is 19.3 Å². The maximum atomic E-state index is 11.4. The van der Waals surface area contributed by atoms with E-state index in [9.17, 15) is 4.79 Å². The van der Waals surface area contributed by atoms with Crippen molar-refractivity contribution in [1.82, 2.24) is 15.0 Å². The average Bonchev–Trinajstić information content (AvgIpc) is 2.67. The number of nitrogens with two attached hydrogens (primary N) is 2. The Bertz CT molecular complexity index is 904. The largest absolute Gasteiger partial charge is 0.368 e. The topological polar surface area (TPSA) is 132 Å². The second-order valence-electron chi connectivity index (χ2n) is 7.86. The maximum Gasteiger partial charge on any atom is 0.248 e. The number of benzene rings is 1. The zero-order chi connectivity index (χ0) is 19.8. The fraction of sp³-hybridized carbons (Fsp3) is 0.450. The molecule has 3 saturated carbocycles. The number of nitrogens with one attached hydrogen (secondary N) is 2. The Labute approximate surface area is 184 Å². The summed E-state index contributed by atoms with van der Waals surface area (Å²) >= 11 is 0. The van der Waals surface area contributed by atoms with Crippen LogP contribution in [0.25, 0.3) is 0 Å². The molecule has 6 N–H and O–H groups in total. The monoisotopic (exact) mass is 564 g/mol. The van der Waals surface area contributed by atoms with Crippen LogP contribution in [0.5, 0.6) is 0 Å². The average molecular weight is 564 g/mol. The van der Waals surface area contributed by atoms with Gasteiger partial charge in [-0.2, -0.15) is 33.7 Å². The zero-order valence-corrected chi connectivity index (χ0v) is 19.5. The Kier molecular flexibility index (Phi) is 6.42. The number of anilines is 4. The van der Waals surface area contributed by atoms with Gasteiger partial charge in [-0.1, -0.05) is 18.9 Å². The first-order valence-electron chi connectivity index (χ1n) is 9.67. The van der Waals surface area contributed by atoms with Crippen molar-refractivity contribution >= 4 is 29.4 Å². The van der Waals surface area contributed by atoms with Crippen molar-refractivity contribution in [3.8, 4) is 0 Å². The summed E-state index contributed by atoms with van der Waals surface area (Å²) in [5.74, 6) is 4.28. The van der Waals surface area contributed by atoms with Gasteiger partial charge in [0, 0.05) is 38.9 Å². The van der Waals surface area contributed by atoms with Crippen LogP contribution in [-0.2, 0) is 21.1 Å². The number of aryl methyl sites for hydroxylation is 1. The van der Waals surface area contributed by atoms with Crippen LogP contribution in [0.1, 0.15) is 42.1 Å². The Balaban J connectivity index is 0.00000240. The third kappa shape index (κ3) is 4.53. The predicted molar refractivity (Wildman–Crippen MR) is 109 cm³/mol. The fourth-order valence-corrected chi connectivity index (χ4v) is 4.37. The molecule has 5 rings (SSSR count). The van der Waals surface area contributed by atoms with Crippen LogP contribution in [-0.4, -0.2) is 27.4 Å². The molecule has 3 fully saturated rings. The molecule has 29 heavy (non-hydrogen) atoms. The van der Waals surface area contributed by atoms with Crippen molar-refractivity contribution in [2.75, 3.05) is 22.9 Å². The number of hydrogen-bond donors (Lipinski definition) is 4. The minimum Gasteiger partial charge on any atom is -0.368 e. The first kappa shape index (κ1) is 21.5. The van der Waals surface area contributed by atoms with Gasteiger partial charge in [-0.15, -0.1) is 6.42 Å². The van der Waals surface area contributed by atoms with Crippen molar-refractivity contribution in [2.24, 2.45) is 23.5 Å². The summed E-state index contributed by atoms with van der Waals surface area (Å²) in [6.45, 7) is 5.04. The number of amides is 1. The minimum atomic E-state index is -0.488. The molecule has 0 saturated heterocycles. The Morgan fingerprint density at radius 2 is 2.00 bits per heavy atom. The van der Waals surface area contributed by atoms with Gasteiger partial charge in [-0.25, -0.2) is 0 Å². The second kappa shape index (κ2) is 8.65. The van der Waals surface area contributed by atoms with Crippen LogP contribution in [0.3, 0.4) is 0 Å². The third-order valence-electron chi connectivity index (χ3n) is 6.17. The van der Waals surface area contributed by atoms with Gasteiger partial charge >= 0.3 is 0 Å². The summed E-state index contributed by atoms with van der Waals surface area (Å²) in [6, 6.07) is 5.18. The quantitative estimate of drug-likeness (QED) is 0.397. The molecule has 8 nitrogen and oxygen atoms in total. The molecule has 3 atom stereocenters. The first-order valence-corrected chi connectivity index (χ1v) is 9.67. The van der Waals surface area contributed by atoms with Gasteiger partial charge in [0.05, 0.1) is 0 Å². The van der Waals surface area contributed by atoms with Crippen molar-refractivity contribution in [1.29, 1.82) is 0 Å². The summed E-state index contributed by atoms with van der Waals surface area (Å²) in [5, 5.41) is 6.45. The number of carbonyl (C=O) groups excluding carboxylic acids is 1. The van der Waals surface area contributed by atoms with Crippen LogP contribution in [0, 0.1) is 30.6 Å². The number of nitrogens with zero attached hydrogens (tertiary/aromatic N) is 3. The number of aromatic nitrogens is 3. The standard InChI is InChI=1S/C20H26N7O.W/c1-10-3-4-13(17(21)28)8-16(10)24-20-26-18(22)25-19(27-20)23-9-14-6-5-12-7-15(14)11(12)2;/h3-4,8,12,14-15H,5-7,9H2,1-2H3,(H2,21,28)(H4,22,23,24,25,26,27);/q-1;/t12-,14-,15+;/m0./s1. The summed E-state index contributed by atoms with van der Waals surface area (Å²) in [7, 11) is 0. The Hall–Kier alpha value is -2.21. The Morgan fingerprint density at radius 1 is 1.24 bits per heavy atom. The molecule has 3 aliphatic rings. The molecule has 0 spiro atoms. The number of rotatable bonds is 6. The smallest absolute Gasteiger partial charge is 0.248 e. The van der Waals surface area contributed by atoms with Gasteiger partial charge in [0.25, 0.3) is 0 Å². The van der Waals surface area contributed by atoms with Crippen LogP contribution in [0.15, 0.2) is 18.2 Å². The molecule has 0 unspecified atom stereocenters. The van der Waals surface area contributed by atoms with E-state index < -0.39 is 5.91 Å². The fourth-order valence-electron chi connectivity index (χ4n) is 4.37. The normalized spacial score (nSPS) is 22.9.